The molecular formula is C19H20F3N7O4S. The van der Waals surface area contributed by atoms with E-state index in [-0.39, 0.29) is 33.8 Å². The summed E-state index contributed by atoms with van der Waals surface area (Å²) in [5, 5.41) is 7.76. The fourth-order valence-corrected chi connectivity index (χ4v) is 3.94. The van der Waals surface area contributed by atoms with Crippen molar-refractivity contribution in [2.75, 3.05) is 12.3 Å². The maximum Gasteiger partial charge on any atom is 0.492 e. The zero-order valence-corrected chi connectivity index (χ0v) is 18.8. The number of rotatable bonds is 8. The van der Waals surface area contributed by atoms with Gasteiger partial charge in [0.15, 0.2) is 0 Å². The van der Waals surface area contributed by atoms with Crippen molar-refractivity contribution >= 4 is 21.8 Å². The third kappa shape index (κ3) is 6.05. The average molecular weight is 499 g/mol. The maximum atomic E-state index is 12.9. The number of carbonyl (C=O) groups is 1. The standard InChI is InChI=1S/C19H20F3N7O4S/c1-12-3-5-16(6-4-12)34(31,32)29(33-18(30)19(20,21)22)8-7-15-11-28(27-26-15)10-14-9-24-13(2)25-17(14)23/h3-6,9,11H,7-8,10H2,1-2H3,(H2,23,24,25). The number of anilines is 1. The first-order chi connectivity index (χ1) is 15.9. The molecule has 0 aliphatic heterocycles. The van der Waals surface area contributed by atoms with Crippen molar-refractivity contribution in [2.45, 2.75) is 37.9 Å². The molecule has 3 rings (SSSR count). The van der Waals surface area contributed by atoms with Crippen molar-refractivity contribution in [2.24, 2.45) is 0 Å². The molecule has 0 saturated heterocycles. The molecule has 1 aromatic carbocycles. The van der Waals surface area contributed by atoms with Crippen LogP contribution < -0.4 is 5.73 Å². The van der Waals surface area contributed by atoms with Crippen molar-refractivity contribution in [3.8, 4) is 0 Å². The Bertz CT molecular complexity index is 1280. The smallest absolute Gasteiger partial charge is 0.383 e. The maximum absolute atomic E-state index is 12.9. The Labute approximate surface area is 192 Å². The Morgan fingerprint density at radius 1 is 1.21 bits per heavy atom. The molecule has 2 heterocycles. The van der Waals surface area contributed by atoms with Crippen LogP contribution in [0.2, 0.25) is 0 Å². The monoisotopic (exact) mass is 499 g/mol. The molecule has 182 valence electrons. The lowest BCUT2D eigenvalue weighted by Gasteiger charge is -2.21. The second-order valence-electron chi connectivity index (χ2n) is 7.21. The summed E-state index contributed by atoms with van der Waals surface area (Å²) in [5.74, 6) is -1.93. The highest BCUT2D eigenvalue weighted by atomic mass is 32.2. The van der Waals surface area contributed by atoms with E-state index in [0.29, 0.717) is 11.4 Å². The van der Waals surface area contributed by atoms with Gasteiger partial charge in [-0.05, 0) is 30.4 Å². The van der Waals surface area contributed by atoms with Gasteiger partial charge in [0.2, 0.25) is 0 Å². The number of hydrogen-bond donors (Lipinski definition) is 1. The zero-order chi connectivity index (χ0) is 25.1. The Balaban J connectivity index is 1.78. The van der Waals surface area contributed by atoms with Crippen LogP contribution in [0.15, 0.2) is 41.6 Å². The molecule has 0 saturated carbocycles. The van der Waals surface area contributed by atoms with Gasteiger partial charge in [0.1, 0.15) is 11.6 Å². The minimum absolute atomic E-state index is 0.00168. The van der Waals surface area contributed by atoms with Gasteiger partial charge in [-0.2, -0.15) is 13.2 Å². The number of carbonyl (C=O) groups excluding carboxylic acids is 1. The molecule has 34 heavy (non-hydrogen) atoms. The first-order valence-electron chi connectivity index (χ1n) is 9.72. The van der Waals surface area contributed by atoms with Crippen LogP contribution in [0, 0.1) is 13.8 Å². The van der Waals surface area contributed by atoms with Gasteiger partial charge in [0.05, 0.1) is 23.7 Å². The SMILES string of the molecule is Cc1ccc(S(=O)(=O)N(CCc2cn(Cc3cnc(C)nc3N)nn2)OC(=O)C(F)(F)F)cc1. The summed E-state index contributed by atoms with van der Waals surface area (Å²) >= 11 is 0. The lowest BCUT2D eigenvalue weighted by molar-refractivity contribution is -0.222. The Morgan fingerprint density at radius 3 is 2.50 bits per heavy atom. The number of aryl methyl sites for hydroxylation is 2. The molecule has 0 aliphatic rings. The van der Waals surface area contributed by atoms with E-state index in [1.165, 1.54) is 41.3 Å². The van der Waals surface area contributed by atoms with Crippen LogP contribution >= 0.6 is 0 Å². The van der Waals surface area contributed by atoms with Crippen molar-refractivity contribution in [1.82, 2.24) is 29.4 Å². The number of aromatic nitrogens is 5. The van der Waals surface area contributed by atoms with E-state index in [9.17, 15) is 26.4 Å². The van der Waals surface area contributed by atoms with Crippen molar-refractivity contribution < 1.29 is 31.2 Å². The summed E-state index contributed by atoms with van der Waals surface area (Å²) in [6.07, 6.45) is -2.62. The van der Waals surface area contributed by atoms with Crippen molar-refractivity contribution in [1.29, 1.82) is 0 Å². The summed E-state index contributed by atoms with van der Waals surface area (Å²) in [6, 6.07) is 5.32. The lowest BCUT2D eigenvalue weighted by atomic mass is 10.2. The first kappa shape index (κ1) is 25.0. The number of benzene rings is 1. The van der Waals surface area contributed by atoms with E-state index in [1.807, 2.05) is 0 Å². The average Bonchev–Trinajstić information content (AvgIpc) is 3.19. The molecule has 2 N–H and O–H groups in total. The summed E-state index contributed by atoms with van der Waals surface area (Å²) in [4.78, 5) is 23.3. The van der Waals surface area contributed by atoms with Crippen LogP contribution in [-0.4, -0.2) is 56.5 Å². The molecule has 0 amide bonds. The summed E-state index contributed by atoms with van der Waals surface area (Å²) in [5.41, 5.74) is 7.37. The highest BCUT2D eigenvalue weighted by molar-refractivity contribution is 7.89. The van der Waals surface area contributed by atoms with Crippen LogP contribution in [0.25, 0.3) is 0 Å². The van der Waals surface area contributed by atoms with Crippen LogP contribution in [-0.2, 0) is 32.6 Å². The van der Waals surface area contributed by atoms with Crippen LogP contribution in [0.5, 0.6) is 0 Å². The number of nitrogens with zero attached hydrogens (tertiary/aromatic N) is 6. The van der Waals surface area contributed by atoms with E-state index < -0.39 is 28.7 Å². The molecule has 2 aromatic heterocycles. The van der Waals surface area contributed by atoms with Gasteiger partial charge < -0.3 is 10.6 Å². The number of alkyl halides is 3. The molecule has 0 atom stereocenters. The second kappa shape index (κ2) is 9.72. The third-order valence-electron chi connectivity index (χ3n) is 4.49. The second-order valence-corrected chi connectivity index (χ2v) is 9.03. The number of hydroxylamine groups is 1. The minimum atomic E-state index is -5.39. The van der Waals surface area contributed by atoms with Gasteiger partial charge in [-0.3, -0.25) is 0 Å². The van der Waals surface area contributed by atoms with Crippen LogP contribution in [0.4, 0.5) is 19.0 Å². The molecule has 11 nitrogen and oxygen atoms in total. The van der Waals surface area contributed by atoms with Gasteiger partial charge in [-0.25, -0.2) is 27.9 Å². The normalized spacial score (nSPS) is 12.2. The summed E-state index contributed by atoms with van der Waals surface area (Å²) in [7, 11) is -4.59. The van der Waals surface area contributed by atoms with E-state index >= 15 is 0 Å². The van der Waals surface area contributed by atoms with Gasteiger partial charge >= 0.3 is 12.1 Å². The van der Waals surface area contributed by atoms with E-state index in [0.717, 1.165) is 5.56 Å². The lowest BCUT2D eigenvalue weighted by Crippen LogP contribution is -2.39. The predicted octanol–water partition coefficient (Wildman–Crippen LogP) is 1.57. The van der Waals surface area contributed by atoms with E-state index in [2.05, 4.69) is 25.1 Å². The molecule has 0 fully saturated rings. The van der Waals surface area contributed by atoms with Gasteiger partial charge in [-0.1, -0.05) is 22.9 Å². The molecule has 15 heteroatoms. The molecule has 0 unspecified atom stereocenters. The molecular weight excluding hydrogens is 479 g/mol. The van der Waals surface area contributed by atoms with Crippen molar-refractivity contribution in [3.05, 3.63) is 59.3 Å². The fourth-order valence-electron chi connectivity index (χ4n) is 2.73. The topological polar surface area (TPSA) is 146 Å². The first-order valence-corrected chi connectivity index (χ1v) is 11.2. The Hall–Kier alpha value is -3.59. The molecule has 3 aromatic rings. The third-order valence-corrected chi connectivity index (χ3v) is 6.15. The summed E-state index contributed by atoms with van der Waals surface area (Å²) < 4.78 is 65.3. The quantitative estimate of drug-likeness (QED) is 0.456. The predicted molar refractivity (Wildman–Crippen MR) is 111 cm³/mol. The largest absolute Gasteiger partial charge is 0.492 e. The van der Waals surface area contributed by atoms with Crippen LogP contribution in [0.3, 0.4) is 0 Å². The van der Waals surface area contributed by atoms with E-state index in [1.54, 1.807) is 13.8 Å². The van der Waals surface area contributed by atoms with E-state index in [4.69, 9.17) is 5.73 Å². The van der Waals surface area contributed by atoms with Gasteiger partial charge in [0, 0.05) is 24.4 Å². The fraction of sp³-hybridized carbons (Fsp3) is 0.316. The Kier molecular flexibility index (Phi) is 7.16. The van der Waals surface area contributed by atoms with Gasteiger partial charge in [-0.15, -0.1) is 5.10 Å². The molecule has 0 spiro atoms. The van der Waals surface area contributed by atoms with Gasteiger partial charge in [0.25, 0.3) is 10.0 Å². The highest BCUT2D eigenvalue weighted by Gasteiger charge is 2.44. The number of sulfonamides is 1. The number of hydrogen-bond acceptors (Lipinski definition) is 9. The minimum Gasteiger partial charge on any atom is -0.383 e. The molecule has 0 radical (unpaired) electrons. The zero-order valence-electron chi connectivity index (χ0n) is 18.0. The van der Waals surface area contributed by atoms with Crippen LogP contribution in [0.1, 0.15) is 22.6 Å². The number of nitrogen functional groups attached to an aromatic ring is 1. The Morgan fingerprint density at radius 2 is 1.88 bits per heavy atom. The number of nitrogens with two attached hydrogens (primary N) is 1. The number of halogens is 3. The summed E-state index contributed by atoms with van der Waals surface area (Å²) in [6.45, 7) is 2.91. The molecule has 0 aliphatic carbocycles. The van der Waals surface area contributed by atoms with Crippen molar-refractivity contribution in [3.63, 3.8) is 0 Å². The highest BCUT2D eigenvalue weighted by Crippen LogP contribution is 2.22. The molecule has 0 bridgehead atoms.